The molecule has 5 nitrogen and oxygen atoms in total. The van der Waals surface area contributed by atoms with Crippen molar-refractivity contribution in [3.63, 3.8) is 0 Å². The van der Waals surface area contributed by atoms with Crippen LogP contribution < -0.4 is 5.32 Å². The molecule has 1 aromatic heterocycles. The van der Waals surface area contributed by atoms with Crippen molar-refractivity contribution in [3.05, 3.63) is 22.4 Å². The number of likely N-dealkylation sites (N-methyl/N-ethyl adjacent to an activating group) is 1. The van der Waals surface area contributed by atoms with Gasteiger partial charge in [0.1, 0.15) is 0 Å². The molecule has 1 aliphatic carbocycles. The minimum Gasteiger partial charge on any atom is -0.355 e. The van der Waals surface area contributed by atoms with Crippen LogP contribution in [-0.2, 0) is 4.79 Å². The van der Waals surface area contributed by atoms with Crippen LogP contribution in [0.5, 0.6) is 0 Å². The number of hydrogen-bond acceptors (Lipinski definition) is 4. The van der Waals surface area contributed by atoms with Gasteiger partial charge in [0.2, 0.25) is 5.91 Å². The molecule has 2 aliphatic rings. The zero-order valence-electron chi connectivity index (χ0n) is 14.4. The molecule has 24 heavy (non-hydrogen) atoms. The first-order valence-electron chi connectivity index (χ1n) is 9.05. The van der Waals surface area contributed by atoms with E-state index >= 15 is 0 Å². The highest BCUT2D eigenvalue weighted by atomic mass is 32.1. The van der Waals surface area contributed by atoms with Crippen LogP contribution in [0.1, 0.15) is 42.3 Å². The second kappa shape index (κ2) is 8.12. The summed E-state index contributed by atoms with van der Waals surface area (Å²) in [7, 11) is 0. The number of piperazine rings is 1. The molecule has 2 heterocycles. The number of rotatable bonds is 5. The van der Waals surface area contributed by atoms with Crippen molar-refractivity contribution in [2.45, 2.75) is 38.6 Å². The van der Waals surface area contributed by atoms with Crippen LogP contribution in [0.4, 0.5) is 0 Å². The lowest BCUT2D eigenvalue weighted by atomic mass is 9.95. The maximum Gasteiger partial charge on any atom is 0.264 e. The molecule has 1 saturated heterocycles. The molecular weight excluding hydrogens is 322 g/mol. The van der Waals surface area contributed by atoms with E-state index in [0.29, 0.717) is 25.6 Å². The first-order valence-corrected chi connectivity index (χ1v) is 9.93. The van der Waals surface area contributed by atoms with E-state index in [-0.39, 0.29) is 17.9 Å². The van der Waals surface area contributed by atoms with Crippen LogP contribution in [0, 0.1) is 5.92 Å². The topological polar surface area (TPSA) is 52.7 Å². The Morgan fingerprint density at radius 3 is 2.54 bits per heavy atom. The van der Waals surface area contributed by atoms with Gasteiger partial charge >= 0.3 is 0 Å². The van der Waals surface area contributed by atoms with E-state index in [0.717, 1.165) is 30.8 Å². The SMILES string of the molecule is CCNC(=O)C(C1CCCC1)N1CCN(C(=O)c2cccs2)CC1. The molecule has 1 N–H and O–H groups in total. The average Bonchev–Trinajstić information content (AvgIpc) is 3.29. The minimum absolute atomic E-state index is 0.0218. The molecule has 1 unspecified atom stereocenters. The van der Waals surface area contributed by atoms with Gasteiger partial charge in [-0.15, -0.1) is 11.3 Å². The summed E-state index contributed by atoms with van der Waals surface area (Å²) in [5, 5.41) is 4.96. The highest BCUT2D eigenvalue weighted by molar-refractivity contribution is 7.12. The van der Waals surface area contributed by atoms with E-state index in [2.05, 4.69) is 10.2 Å². The Kier molecular flexibility index (Phi) is 5.89. The van der Waals surface area contributed by atoms with Gasteiger partial charge in [0.15, 0.2) is 0 Å². The fourth-order valence-corrected chi connectivity index (χ4v) is 4.68. The van der Waals surface area contributed by atoms with Gasteiger partial charge in [-0.2, -0.15) is 0 Å². The molecule has 3 rings (SSSR count). The molecule has 1 aliphatic heterocycles. The second-order valence-corrected chi connectivity index (χ2v) is 7.64. The Morgan fingerprint density at radius 1 is 1.25 bits per heavy atom. The van der Waals surface area contributed by atoms with Crippen molar-refractivity contribution in [1.82, 2.24) is 15.1 Å². The van der Waals surface area contributed by atoms with Crippen LogP contribution in [0.25, 0.3) is 0 Å². The van der Waals surface area contributed by atoms with Crippen LogP contribution >= 0.6 is 11.3 Å². The highest BCUT2D eigenvalue weighted by Gasteiger charge is 2.37. The summed E-state index contributed by atoms with van der Waals surface area (Å²) in [6.07, 6.45) is 4.76. The molecule has 6 heteroatoms. The van der Waals surface area contributed by atoms with Crippen LogP contribution in [0.3, 0.4) is 0 Å². The molecule has 132 valence electrons. The van der Waals surface area contributed by atoms with Gasteiger partial charge in [-0.25, -0.2) is 0 Å². The predicted molar refractivity (Wildman–Crippen MR) is 96.2 cm³/mol. The van der Waals surface area contributed by atoms with Crippen LogP contribution in [0.2, 0.25) is 0 Å². The lowest BCUT2D eigenvalue weighted by molar-refractivity contribution is -0.129. The van der Waals surface area contributed by atoms with Gasteiger partial charge in [-0.1, -0.05) is 18.9 Å². The normalized spacial score (nSPS) is 21.0. The van der Waals surface area contributed by atoms with Gasteiger partial charge in [-0.05, 0) is 37.1 Å². The van der Waals surface area contributed by atoms with E-state index in [4.69, 9.17) is 0 Å². The summed E-state index contributed by atoms with van der Waals surface area (Å²) in [6.45, 7) is 5.64. The predicted octanol–water partition coefficient (Wildman–Crippen LogP) is 2.20. The van der Waals surface area contributed by atoms with Crippen molar-refractivity contribution in [1.29, 1.82) is 0 Å². The number of hydrogen-bond donors (Lipinski definition) is 1. The zero-order valence-corrected chi connectivity index (χ0v) is 15.2. The summed E-state index contributed by atoms with van der Waals surface area (Å²) in [5.41, 5.74) is 0. The largest absolute Gasteiger partial charge is 0.355 e. The van der Waals surface area contributed by atoms with Crippen LogP contribution in [0.15, 0.2) is 17.5 Å². The number of thiophene rings is 1. The fraction of sp³-hybridized carbons (Fsp3) is 0.667. The summed E-state index contributed by atoms with van der Waals surface area (Å²) < 4.78 is 0. The monoisotopic (exact) mass is 349 g/mol. The third-order valence-corrected chi connectivity index (χ3v) is 6.05. The van der Waals surface area contributed by atoms with E-state index in [9.17, 15) is 9.59 Å². The van der Waals surface area contributed by atoms with E-state index in [1.165, 1.54) is 24.2 Å². The third-order valence-electron chi connectivity index (χ3n) is 5.19. The van der Waals surface area contributed by atoms with Crippen molar-refractivity contribution in [3.8, 4) is 0 Å². The standard InChI is InChI=1S/C18H27N3O2S/c1-2-19-17(22)16(14-6-3-4-7-14)20-9-11-21(12-10-20)18(23)15-8-5-13-24-15/h5,8,13-14,16H,2-4,6-7,9-12H2,1H3,(H,19,22). The lowest BCUT2D eigenvalue weighted by Gasteiger charge is -2.40. The number of carbonyl (C=O) groups is 2. The maximum atomic E-state index is 12.6. The Hall–Kier alpha value is -1.40. The van der Waals surface area contributed by atoms with Crippen LogP contribution in [-0.4, -0.2) is 60.4 Å². The summed E-state index contributed by atoms with van der Waals surface area (Å²) >= 11 is 1.49. The Balaban J connectivity index is 1.62. The third kappa shape index (κ3) is 3.81. The van der Waals surface area contributed by atoms with E-state index in [1.54, 1.807) is 0 Å². The van der Waals surface area contributed by atoms with Crippen molar-refractivity contribution in [2.24, 2.45) is 5.92 Å². The number of amides is 2. The minimum atomic E-state index is -0.0218. The zero-order chi connectivity index (χ0) is 16.9. The molecule has 2 fully saturated rings. The molecule has 0 aromatic carbocycles. The molecule has 1 atom stereocenters. The molecule has 1 saturated carbocycles. The second-order valence-electron chi connectivity index (χ2n) is 6.69. The fourth-order valence-electron chi connectivity index (χ4n) is 3.99. The number of nitrogens with zero attached hydrogens (tertiary/aromatic N) is 2. The lowest BCUT2D eigenvalue weighted by Crippen LogP contribution is -2.57. The first kappa shape index (κ1) is 17.4. The summed E-state index contributed by atoms with van der Waals surface area (Å²) in [4.78, 5) is 30.1. The average molecular weight is 350 g/mol. The van der Waals surface area contributed by atoms with E-state index in [1.807, 2.05) is 29.3 Å². The highest BCUT2D eigenvalue weighted by Crippen LogP contribution is 2.31. The molecule has 1 aromatic rings. The van der Waals surface area contributed by atoms with Crippen molar-refractivity contribution >= 4 is 23.2 Å². The Labute approximate surface area is 148 Å². The molecule has 0 radical (unpaired) electrons. The van der Waals surface area contributed by atoms with Gasteiger partial charge in [0.05, 0.1) is 10.9 Å². The summed E-state index contributed by atoms with van der Waals surface area (Å²) in [5.74, 6) is 0.763. The van der Waals surface area contributed by atoms with E-state index < -0.39 is 0 Å². The Bertz CT molecular complexity index is 547. The quantitative estimate of drug-likeness (QED) is 0.887. The van der Waals surface area contributed by atoms with Gasteiger partial charge < -0.3 is 10.2 Å². The summed E-state index contributed by atoms with van der Waals surface area (Å²) in [6, 6.07) is 3.78. The number of nitrogens with one attached hydrogen (secondary N) is 1. The van der Waals surface area contributed by atoms with Gasteiger partial charge in [0.25, 0.3) is 5.91 Å². The van der Waals surface area contributed by atoms with Gasteiger partial charge in [-0.3, -0.25) is 14.5 Å². The van der Waals surface area contributed by atoms with Gasteiger partial charge in [0, 0.05) is 32.7 Å². The maximum absolute atomic E-state index is 12.6. The molecular formula is C18H27N3O2S. The van der Waals surface area contributed by atoms with Crippen molar-refractivity contribution in [2.75, 3.05) is 32.7 Å². The number of carbonyl (C=O) groups excluding carboxylic acids is 2. The smallest absolute Gasteiger partial charge is 0.264 e. The molecule has 0 bridgehead atoms. The molecule has 0 spiro atoms. The first-order chi connectivity index (χ1) is 11.7. The molecule has 2 amide bonds. The Morgan fingerprint density at radius 2 is 1.96 bits per heavy atom. The van der Waals surface area contributed by atoms with Crippen molar-refractivity contribution < 1.29 is 9.59 Å².